The van der Waals surface area contributed by atoms with Gasteiger partial charge >= 0.3 is 5.69 Å². The lowest BCUT2D eigenvalue weighted by molar-refractivity contribution is -0.122. The Bertz CT molecular complexity index is 1130. The molecule has 1 fully saturated rings. The molecule has 146 valence electrons. The Balaban J connectivity index is 1.70. The van der Waals surface area contributed by atoms with Crippen LogP contribution < -0.4 is 16.6 Å². The van der Waals surface area contributed by atoms with E-state index in [1.807, 2.05) is 0 Å². The predicted molar refractivity (Wildman–Crippen MR) is 104 cm³/mol. The number of ether oxygens (including phenoxy) is 1. The zero-order valence-electron chi connectivity index (χ0n) is 14.9. The number of nitrogens with one attached hydrogen (secondary N) is 1. The van der Waals surface area contributed by atoms with Crippen molar-refractivity contribution < 1.29 is 13.9 Å². The van der Waals surface area contributed by atoms with Crippen LogP contribution in [0.3, 0.4) is 0 Å². The van der Waals surface area contributed by atoms with Crippen LogP contribution in [0.2, 0.25) is 0 Å². The predicted octanol–water partition coefficient (Wildman–Crippen LogP) is 1.65. The van der Waals surface area contributed by atoms with E-state index in [0.29, 0.717) is 23.4 Å². The maximum absolute atomic E-state index is 13.2. The molecule has 1 N–H and O–H groups in total. The fraction of sp³-hybridized carbons (Fsp3) is 0.316. The molecule has 1 unspecified atom stereocenters. The SMILES string of the molecule is O=C(Cn1c(=O)n(-c2ccc(F)cc2)c(=O)c2sccc21)NCC1CCCO1. The van der Waals surface area contributed by atoms with Gasteiger partial charge in [0.25, 0.3) is 5.56 Å². The van der Waals surface area contributed by atoms with Crippen LogP contribution in [0.4, 0.5) is 4.39 Å². The monoisotopic (exact) mass is 403 g/mol. The van der Waals surface area contributed by atoms with Gasteiger partial charge in [0.1, 0.15) is 17.1 Å². The van der Waals surface area contributed by atoms with E-state index in [1.165, 1.54) is 40.2 Å². The van der Waals surface area contributed by atoms with Gasteiger partial charge in [-0.25, -0.2) is 13.8 Å². The van der Waals surface area contributed by atoms with E-state index in [2.05, 4.69) is 5.32 Å². The fourth-order valence-corrected chi connectivity index (χ4v) is 4.11. The van der Waals surface area contributed by atoms with Gasteiger partial charge in [0.2, 0.25) is 5.91 Å². The van der Waals surface area contributed by atoms with Crippen LogP contribution in [0.5, 0.6) is 0 Å². The molecule has 3 heterocycles. The van der Waals surface area contributed by atoms with Gasteiger partial charge in [0.05, 0.1) is 17.3 Å². The number of thiophene rings is 1. The van der Waals surface area contributed by atoms with E-state index in [4.69, 9.17) is 4.74 Å². The van der Waals surface area contributed by atoms with Crippen LogP contribution in [-0.2, 0) is 16.1 Å². The summed E-state index contributed by atoms with van der Waals surface area (Å²) in [5, 5.41) is 4.48. The Hall–Kier alpha value is -2.78. The van der Waals surface area contributed by atoms with Crippen molar-refractivity contribution in [2.75, 3.05) is 13.2 Å². The van der Waals surface area contributed by atoms with Crippen molar-refractivity contribution in [2.45, 2.75) is 25.5 Å². The molecule has 0 aliphatic carbocycles. The third-order valence-electron chi connectivity index (χ3n) is 4.69. The summed E-state index contributed by atoms with van der Waals surface area (Å²) in [5.74, 6) is -0.808. The minimum absolute atomic E-state index is 0.00462. The van der Waals surface area contributed by atoms with Crippen molar-refractivity contribution >= 4 is 27.5 Å². The molecule has 1 aromatic carbocycles. The zero-order chi connectivity index (χ0) is 19.7. The first-order valence-electron chi connectivity index (χ1n) is 8.92. The maximum Gasteiger partial charge on any atom is 0.336 e. The first-order chi connectivity index (χ1) is 13.5. The minimum Gasteiger partial charge on any atom is -0.376 e. The molecule has 4 rings (SSSR count). The van der Waals surface area contributed by atoms with Gasteiger partial charge in [-0.15, -0.1) is 11.3 Å². The number of halogens is 1. The molecule has 0 radical (unpaired) electrons. The zero-order valence-corrected chi connectivity index (χ0v) is 15.7. The maximum atomic E-state index is 13.2. The molecule has 1 aliphatic heterocycles. The highest BCUT2D eigenvalue weighted by Crippen LogP contribution is 2.16. The number of amides is 1. The lowest BCUT2D eigenvalue weighted by Crippen LogP contribution is -2.42. The average molecular weight is 403 g/mol. The topological polar surface area (TPSA) is 82.3 Å². The van der Waals surface area contributed by atoms with Crippen LogP contribution in [-0.4, -0.2) is 34.3 Å². The Morgan fingerprint density at radius 3 is 2.75 bits per heavy atom. The van der Waals surface area contributed by atoms with Crippen LogP contribution in [0.1, 0.15) is 12.8 Å². The smallest absolute Gasteiger partial charge is 0.336 e. The van der Waals surface area contributed by atoms with Crippen LogP contribution >= 0.6 is 11.3 Å². The summed E-state index contributed by atoms with van der Waals surface area (Å²) in [7, 11) is 0. The largest absolute Gasteiger partial charge is 0.376 e. The third kappa shape index (κ3) is 3.50. The molecule has 28 heavy (non-hydrogen) atoms. The van der Waals surface area contributed by atoms with E-state index in [0.717, 1.165) is 17.4 Å². The molecule has 0 spiro atoms. The first-order valence-corrected chi connectivity index (χ1v) is 9.80. The van der Waals surface area contributed by atoms with Gasteiger partial charge < -0.3 is 10.1 Å². The molecule has 1 atom stereocenters. The van der Waals surface area contributed by atoms with Crippen molar-refractivity contribution in [3.05, 3.63) is 62.4 Å². The van der Waals surface area contributed by atoms with Gasteiger partial charge in [-0.3, -0.25) is 14.2 Å². The summed E-state index contributed by atoms with van der Waals surface area (Å²) < 4.78 is 21.3. The summed E-state index contributed by atoms with van der Waals surface area (Å²) in [6.07, 6.45) is 1.86. The number of nitrogens with zero attached hydrogens (tertiary/aromatic N) is 2. The molecule has 7 nitrogen and oxygen atoms in total. The number of hydrogen-bond donors (Lipinski definition) is 1. The summed E-state index contributed by atoms with van der Waals surface area (Å²) in [4.78, 5) is 38.2. The van der Waals surface area contributed by atoms with E-state index in [-0.39, 0.29) is 24.2 Å². The summed E-state index contributed by atoms with van der Waals surface area (Å²) in [6.45, 7) is 0.858. The number of aromatic nitrogens is 2. The molecule has 9 heteroatoms. The van der Waals surface area contributed by atoms with E-state index in [1.54, 1.807) is 11.4 Å². The van der Waals surface area contributed by atoms with E-state index >= 15 is 0 Å². The third-order valence-corrected chi connectivity index (χ3v) is 5.58. The summed E-state index contributed by atoms with van der Waals surface area (Å²) in [5.41, 5.74) is -0.474. The molecule has 3 aromatic rings. The number of carbonyl (C=O) groups is 1. The Labute approximate surface area is 163 Å². The highest BCUT2D eigenvalue weighted by Gasteiger charge is 2.19. The van der Waals surface area contributed by atoms with Gasteiger partial charge in [-0.05, 0) is 48.6 Å². The van der Waals surface area contributed by atoms with Crippen molar-refractivity contribution in [1.82, 2.24) is 14.5 Å². The van der Waals surface area contributed by atoms with Gasteiger partial charge in [0.15, 0.2) is 0 Å². The lowest BCUT2D eigenvalue weighted by atomic mass is 10.2. The van der Waals surface area contributed by atoms with Gasteiger partial charge in [-0.2, -0.15) is 0 Å². The summed E-state index contributed by atoms with van der Waals surface area (Å²) in [6, 6.07) is 6.72. The van der Waals surface area contributed by atoms with Crippen molar-refractivity contribution in [3.8, 4) is 5.69 Å². The molecule has 0 saturated carbocycles. The highest BCUT2D eigenvalue weighted by atomic mass is 32.1. The fourth-order valence-electron chi connectivity index (χ4n) is 3.29. The first kappa shape index (κ1) is 18.6. The quantitative estimate of drug-likeness (QED) is 0.702. The van der Waals surface area contributed by atoms with Crippen molar-refractivity contribution in [3.63, 3.8) is 0 Å². The standard InChI is InChI=1S/C19H18FN3O4S/c20-12-3-5-13(6-4-12)23-18(25)17-15(7-9-28-17)22(19(23)26)11-16(24)21-10-14-2-1-8-27-14/h3-7,9,14H,1-2,8,10-11H2,(H,21,24). The number of fused-ring (bicyclic) bond motifs is 1. The molecule has 2 aromatic heterocycles. The normalized spacial score (nSPS) is 16.5. The number of benzene rings is 1. The molecule has 1 amide bonds. The van der Waals surface area contributed by atoms with Crippen LogP contribution in [0.15, 0.2) is 45.3 Å². The molecule has 1 saturated heterocycles. The van der Waals surface area contributed by atoms with Crippen molar-refractivity contribution in [1.29, 1.82) is 0 Å². The molecule has 0 bridgehead atoms. The van der Waals surface area contributed by atoms with E-state index in [9.17, 15) is 18.8 Å². The molecular weight excluding hydrogens is 385 g/mol. The molecule has 1 aliphatic rings. The number of carbonyl (C=O) groups excluding carboxylic acids is 1. The van der Waals surface area contributed by atoms with Crippen LogP contribution in [0.25, 0.3) is 15.9 Å². The number of hydrogen-bond acceptors (Lipinski definition) is 5. The summed E-state index contributed by atoms with van der Waals surface area (Å²) >= 11 is 1.19. The second-order valence-electron chi connectivity index (χ2n) is 6.56. The van der Waals surface area contributed by atoms with Crippen molar-refractivity contribution in [2.24, 2.45) is 0 Å². The minimum atomic E-state index is -0.644. The lowest BCUT2D eigenvalue weighted by Gasteiger charge is -2.14. The molecular formula is C19H18FN3O4S. The van der Waals surface area contributed by atoms with Gasteiger partial charge in [0, 0.05) is 13.2 Å². The Kier molecular flexibility index (Phi) is 5.10. The second-order valence-corrected chi connectivity index (χ2v) is 7.48. The van der Waals surface area contributed by atoms with Gasteiger partial charge in [-0.1, -0.05) is 0 Å². The Morgan fingerprint density at radius 1 is 1.25 bits per heavy atom. The average Bonchev–Trinajstić information content (AvgIpc) is 3.37. The van der Waals surface area contributed by atoms with E-state index < -0.39 is 17.1 Å². The second kappa shape index (κ2) is 7.69. The Morgan fingerprint density at radius 2 is 2.04 bits per heavy atom. The highest BCUT2D eigenvalue weighted by molar-refractivity contribution is 7.17. The number of rotatable bonds is 5. The van der Waals surface area contributed by atoms with Crippen LogP contribution in [0, 0.1) is 5.82 Å².